The first kappa shape index (κ1) is 15.4. The SMILES string of the molecule is N#Cc1ccc(S(=O)(=O)N2CCN(C3CCOC3)CC2)cc1. The van der Waals surface area contributed by atoms with Gasteiger partial charge in [0.25, 0.3) is 0 Å². The van der Waals surface area contributed by atoms with Crippen LogP contribution in [-0.4, -0.2) is 63.1 Å². The average Bonchev–Trinajstić information content (AvgIpc) is 3.09. The van der Waals surface area contributed by atoms with Crippen LogP contribution in [0.1, 0.15) is 12.0 Å². The normalized spacial score (nSPS) is 24.2. The van der Waals surface area contributed by atoms with Crippen LogP contribution in [0.3, 0.4) is 0 Å². The van der Waals surface area contributed by atoms with Gasteiger partial charge in [-0.25, -0.2) is 8.42 Å². The van der Waals surface area contributed by atoms with Gasteiger partial charge in [-0.15, -0.1) is 0 Å². The summed E-state index contributed by atoms with van der Waals surface area (Å²) < 4.78 is 32.2. The second-order valence-electron chi connectivity index (χ2n) is 5.59. The third kappa shape index (κ3) is 3.01. The zero-order valence-corrected chi connectivity index (χ0v) is 13.1. The number of hydrogen-bond acceptors (Lipinski definition) is 5. The van der Waals surface area contributed by atoms with Crippen LogP contribution in [0.2, 0.25) is 0 Å². The molecule has 1 unspecified atom stereocenters. The van der Waals surface area contributed by atoms with Crippen molar-refractivity contribution in [2.24, 2.45) is 0 Å². The first-order valence-corrected chi connectivity index (χ1v) is 8.87. The predicted octanol–water partition coefficient (Wildman–Crippen LogP) is 0.653. The van der Waals surface area contributed by atoms with Crippen molar-refractivity contribution >= 4 is 10.0 Å². The molecule has 22 heavy (non-hydrogen) atoms. The van der Waals surface area contributed by atoms with Crippen LogP contribution in [0, 0.1) is 11.3 Å². The van der Waals surface area contributed by atoms with Gasteiger partial charge in [0.05, 0.1) is 23.1 Å². The maximum Gasteiger partial charge on any atom is 0.243 e. The number of benzene rings is 1. The number of hydrogen-bond donors (Lipinski definition) is 0. The summed E-state index contributed by atoms with van der Waals surface area (Å²) in [5, 5.41) is 8.79. The van der Waals surface area contributed by atoms with E-state index in [0.29, 0.717) is 24.7 Å². The fraction of sp³-hybridized carbons (Fsp3) is 0.533. The van der Waals surface area contributed by atoms with Gasteiger partial charge in [0, 0.05) is 38.8 Å². The lowest BCUT2D eigenvalue weighted by molar-refractivity contribution is 0.113. The minimum atomic E-state index is -3.47. The summed E-state index contributed by atoms with van der Waals surface area (Å²) >= 11 is 0. The predicted molar refractivity (Wildman–Crippen MR) is 80.7 cm³/mol. The molecule has 0 aliphatic carbocycles. The summed E-state index contributed by atoms with van der Waals surface area (Å²) in [6.07, 6.45) is 1.03. The van der Waals surface area contributed by atoms with Crippen LogP contribution >= 0.6 is 0 Å². The Kier molecular flexibility index (Phi) is 4.45. The fourth-order valence-corrected chi connectivity index (χ4v) is 4.39. The molecule has 0 spiro atoms. The van der Waals surface area contributed by atoms with E-state index in [-0.39, 0.29) is 4.90 Å². The van der Waals surface area contributed by atoms with E-state index in [0.717, 1.165) is 32.7 Å². The van der Waals surface area contributed by atoms with Crippen molar-refractivity contribution in [3.63, 3.8) is 0 Å². The molecular formula is C15H19N3O3S. The quantitative estimate of drug-likeness (QED) is 0.817. The smallest absolute Gasteiger partial charge is 0.243 e. The highest BCUT2D eigenvalue weighted by Crippen LogP contribution is 2.20. The third-order valence-corrected chi connectivity index (χ3v) is 6.23. The molecule has 118 valence electrons. The van der Waals surface area contributed by atoms with Crippen LogP contribution in [0.25, 0.3) is 0 Å². The van der Waals surface area contributed by atoms with Crippen LogP contribution < -0.4 is 0 Å². The van der Waals surface area contributed by atoms with Gasteiger partial charge in [-0.1, -0.05) is 0 Å². The van der Waals surface area contributed by atoms with Crippen molar-refractivity contribution in [2.45, 2.75) is 17.4 Å². The summed E-state index contributed by atoms with van der Waals surface area (Å²) in [4.78, 5) is 2.57. The Morgan fingerprint density at radius 2 is 1.82 bits per heavy atom. The number of nitrogens with zero attached hydrogens (tertiary/aromatic N) is 3. The van der Waals surface area contributed by atoms with Gasteiger partial charge in [-0.05, 0) is 30.7 Å². The number of rotatable bonds is 3. The van der Waals surface area contributed by atoms with Gasteiger partial charge in [-0.2, -0.15) is 9.57 Å². The Labute approximate surface area is 130 Å². The van der Waals surface area contributed by atoms with E-state index in [1.165, 1.54) is 16.4 Å². The maximum absolute atomic E-state index is 12.6. The van der Waals surface area contributed by atoms with Crippen LogP contribution in [0.15, 0.2) is 29.2 Å². The van der Waals surface area contributed by atoms with Gasteiger partial charge >= 0.3 is 0 Å². The number of nitriles is 1. The number of piperazine rings is 1. The molecule has 1 aromatic rings. The Hall–Kier alpha value is -1.46. The minimum absolute atomic E-state index is 0.254. The topological polar surface area (TPSA) is 73.6 Å². The van der Waals surface area contributed by atoms with Crippen molar-refractivity contribution in [3.05, 3.63) is 29.8 Å². The molecule has 3 rings (SSSR count). The molecule has 2 aliphatic rings. The highest BCUT2D eigenvalue weighted by Gasteiger charge is 2.32. The first-order valence-electron chi connectivity index (χ1n) is 7.43. The third-order valence-electron chi connectivity index (χ3n) is 4.32. The molecule has 0 amide bonds. The minimum Gasteiger partial charge on any atom is -0.380 e. The zero-order chi connectivity index (χ0) is 15.6. The summed E-state index contributed by atoms with van der Waals surface area (Å²) in [5.74, 6) is 0. The van der Waals surface area contributed by atoms with Crippen molar-refractivity contribution < 1.29 is 13.2 Å². The first-order chi connectivity index (χ1) is 10.6. The lowest BCUT2D eigenvalue weighted by Crippen LogP contribution is -2.52. The molecule has 2 saturated heterocycles. The van der Waals surface area contributed by atoms with Gasteiger partial charge in [-0.3, -0.25) is 4.90 Å². The molecule has 0 N–H and O–H groups in total. The molecule has 1 atom stereocenters. The number of ether oxygens (including phenoxy) is 1. The monoisotopic (exact) mass is 321 g/mol. The molecule has 1 aromatic carbocycles. The molecule has 2 fully saturated rings. The lowest BCUT2D eigenvalue weighted by Gasteiger charge is -2.36. The second kappa shape index (κ2) is 6.34. The highest BCUT2D eigenvalue weighted by atomic mass is 32.2. The van der Waals surface area contributed by atoms with Gasteiger partial charge in [0.1, 0.15) is 0 Å². The number of sulfonamides is 1. The van der Waals surface area contributed by atoms with Crippen LogP contribution in [-0.2, 0) is 14.8 Å². The van der Waals surface area contributed by atoms with Gasteiger partial charge < -0.3 is 4.74 Å². The van der Waals surface area contributed by atoms with E-state index in [9.17, 15) is 8.42 Å². The van der Waals surface area contributed by atoms with E-state index >= 15 is 0 Å². The highest BCUT2D eigenvalue weighted by molar-refractivity contribution is 7.89. The molecule has 0 saturated carbocycles. The van der Waals surface area contributed by atoms with Crippen molar-refractivity contribution in [1.82, 2.24) is 9.21 Å². The summed E-state index contributed by atoms with van der Waals surface area (Å²) in [6.45, 7) is 4.03. The summed E-state index contributed by atoms with van der Waals surface area (Å²) in [7, 11) is -3.47. The van der Waals surface area contributed by atoms with E-state index in [1.807, 2.05) is 6.07 Å². The van der Waals surface area contributed by atoms with Crippen molar-refractivity contribution in [2.75, 3.05) is 39.4 Å². The summed E-state index contributed by atoms with van der Waals surface area (Å²) in [5.41, 5.74) is 0.463. The van der Waals surface area contributed by atoms with E-state index < -0.39 is 10.0 Å². The molecule has 0 radical (unpaired) electrons. The van der Waals surface area contributed by atoms with Gasteiger partial charge in [0.2, 0.25) is 10.0 Å². The average molecular weight is 321 g/mol. The molecule has 6 nitrogen and oxygen atoms in total. The molecule has 2 aliphatic heterocycles. The van der Waals surface area contributed by atoms with Crippen molar-refractivity contribution in [3.8, 4) is 6.07 Å². The maximum atomic E-state index is 12.6. The molecule has 2 heterocycles. The van der Waals surface area contributed by atoms with Crippen molar-refractivity contribution in [1.29, 1.82) is 5.26 Å². The Morgan fingerprint density at radius 1 is 1.14 bits per heavy atom. The molecule has 0 aromatic heterocycles. The van der Waals surface area contributed by atoms with E-state index in [1.54, 1.807) is 12.1 Å². The second-order valence-corrected chi connectivity index (χ2v) is 7.53. The molecule has 7 heteroatoms. The Bertz CT molecular complexity index is 652. The van der Waals surface area contributed by atoms with Crippen LogP contribution in [0.5, 0.6) is 0 Å². The zero-order valence-electron chi connectivity index (χ0n) is 12.3. The van der Waals surface area contributed by atoms with E-state index in [4.69, 9.17) is 10.00 Å². The van der Waals surface area contributed by atoms with Gasteiger partial charge in [0.15, 0.2) is 0 Å². The molecule has 0 bridgehead atoms. The Morgan fingerprint density at radius 3 is 2.36 bits per heavy atom. The fourth-order valence-electron chi connectivity index (χ4n) is 2.97. The van der Waals surface area contributed by atoms with Crippen LogP contribution in [0.4, 0.5) is 0 Å². The summed E-state index contributed by atoms with van der Waals surface area (Å²) in [6, 6.07) is 8.52. The lowest BCUT2D eigenvalue weighted by atomic mass is 10.2. The van der Waals surface area contributed by atoms with E-state index in [2.05, 4.69) is 4.90 Å². The molecular weight excluding hydrogens is 302 g/mol. The largest absolute Gasteiger partial charge is 0.380 e. The standard InChI is InChI=1S/C15H19N3O3S/c16-11-13-1-3-15(4-2-13)22(19,20)18-8-6-17(7-9-18)14-5-10-21-12-14/h1-4,14H,5-10,12H2. The Balaban J connectivity index is 1.67.